The largest absolute Gasteiger partial charge is 0.432 e. The maximum absolute atomic E-state index is 14.1. The van der Waals surface area contributed by atoms with Crippen LogP contribution in [0.3, 0.4) is 0 Å². The number of nitriles is 1. The SMILES string of the molecule is CC(C)c1c(C#N)c2cc(F)c(OC(F)F)cc2n1C1CCC1. The lowest BCUT2D eigenvalue weighted by atomic mass is 9.92. The molecule has 0 amide bonds. The van der Waals surface area contributed by atoms with Crippen LogP contribution in [0.15, 0.2) is 12.1 Å². The van der Waals surface area contributed by atoms with Crippen LogP contribution in [0.2, 0.25) is 0 Å². The number of rotatable bonds is 4. The smallest absolute Gasteiger partial charge is 0.387 e. The predicted octanol–water partition coefficient (Wildman–Crippen LogP) is 5.10. The summed E-state index contributed by atoms with van der Waals surface area (Å²) in [7, 11) is 0. The molecule has 2 aromatic rings. The maximum Gasteiger partial charge on any atom is 0.387 e. The van der Waals surface area contributed by atoms with Gasteiger partial charge in [-0.25, -0.2) is 4.39 Å². The van der Waals surface area contributed by atoms with Gasteiger partial charge in [-0.3, -0.25) is 0 Å². The minimum absolute atomic E-state index is 0.0696. The van der Waals surface area contributed by atoms with E-state index in [1.165, 1.54) is 6.07 Å². The number of hydrogen-bond acceptors (Lipinski definition) is 2. The summed E-state index contributed by atoms with van der Waals surface area (Å²) in [6.07, 6.45) is 3.03. The van der Waals surface area contributed by atoms with Gasteiger partial charge in [-0.1, -0.05) is 13.8 Å². The van der Waals surface area contributed by atoms with E-state index in [0.29, 0.717) is 16.5 Å². The molecule has 0 atom stereocenters. The lowest BCUT2D eigenvalue weighted by molar-refractivity contribution is -0.0521. The van der Waals surface area contributed by atoms with Crippen molar-refractivity contribution in [1.82, 2.24) is 4.57 Å². The minimum Gasteiger partial charge on any atom is -0.432 e. The van der Waals surface area contributed by atoms with E-state index in [9.17, 15) is 18.4 Å². The Morgan fingerprint density at radius 1 is 1.30 bits per heavy atom. The van der Waals surface area contributed by atoms with E-state index in [0.717, 1.165) is 31.0 Å². The summed E-state index contributed by atoms with van der Waals surface area (Å²) in [6.45, 7) is 0.850. The molecule has 1 aliphatic carbocycles. The van der Waals surface area contributed by atoms with E-state index in [4.69, 9.17) is 0 Å². The monoisotopic (exact) mass is 322 g/mol. The van der Waals surface area contributed by atoms with Crippen molar-refractivity contribution in [2.75, 3.05) is 0 Å². The first kappa shape index (κ1) is 15.7. The molecule has 0 bridgehead atoms. The van der Waals surface area contributed by atoms with Crippen LogP contribution in [-0.4, -0.2) is 11.2 Å². The molecule has 1 saturated carbocycles. The number of fused-ring (bicyclic) bond motifs is 1. The molecule has 0 aliphatic heterocycles. The Kier molecular flexibility index (Phi) is 3.97. The first-order valence-electron chi connectivity index (χ1n) is 7.66. The van der Waals surface area contributed by atoms with Crippen LogP contribution in [0.4, 0.5) is 13.2 Å². The molecule has 0 radical (unpaired) electrons. The Morgan fingerprint density at radius 2 is 2.00 bits per heavy atom. The number of aromatic nitrogens is 1. The molecule has 3 nitrogen and oxygen atoms in total. The number of hydrogen-bond donors (Lipinski definition) is 0. The van der Waals surface area contributed by atoms with Crippen molar-refractivity contribution in [1.29, 1.82) is 5.26 Å². The molecule has 1 fully saturated rings. The van der Waals surface area contributed by atoms with Crippen molar-refractivity contribution in [3.05, 3.63) is 29.2 Å². The van der Waals surface area contributed by atoms with Crippen LogP contribution < -0.4 is 4.74 Å². The van der Waals surface area contributed by atoms with Crippen LogP contribution in [0.1, 0.15) is 56.3 Å². The first-order chi connectivity index (χ1) is 10.9. The third-order valence-electron chi connectivity index (χ3n) is 4.41. The third kappa shape index (κ3) is 2.54. The summed E-state index contributed by atoms with van der Waals surface area (Å²) in [5.74, 6) is -1.29. The molecular weight excluding hydrogens is 305 g/mol. The van der Waals surface area contributed by atoms with Gasteiger partial charge in [-0.15, -0.1) is 0 Å². The number of ether oxygens (including phenoxy) is 1. The first-order valence-corrected chi connectivity index (χ1v) is 7.66. The van der Waals surface area contributed by atoms with Gasteiger partial charge in [0.05, 0.1) is 11.1 Å². The van der Waals surface area contributed by atoms with Crippen LogP contribution in [0.5, 0.6) is 5.75 Å². The summed E-state index contributed by atoms with van der Waals surface area (Å²) in [5, 5.41) is 9.98. The highest BCUT2D eigenvalue weighted by Crippen LogP contribution is 2.42. The van der Waals surface area contributed by atoms with E-state index >= 15 is 0 Å². The highest BCUT2D eigenvalue weighted by Gasteiger charge is 2.29. The molecule has 0 saturated heterocycles. The summed E-state index contributed by atoms with van der Waals surface area (Å²) in [6, 6.07) is 4.80. The van der Waals surface area contributed by atoms with Gasteiger partial charge in [0.2, 0.25) is 0 Å². The molecule has 0 spiro atoms. The van der Waals surface area contributed by atoms with Gasteiger partial charge in [0, 0.05) is 23.2 Å². The lowest BCUT2D eigenvalue weighted by Crippen LogP contribution is -2.19. The van der Waals surface area contributed by atoms with Crippen molar-refractivity contribution in [2.45, 2.75) is 51.7 Å². The van der Waals surface area contributed by atoms with Crippen LogP contribution >= 0.6 is 0 Å². The topological polar surface area (TPSA) is 37.9 Å². The standard InChI is InChI=1S/C17H17F3N2O/c1-9(2)16-12(8-21)11-6-13(18)15(23-17(19)20)7-14(11)22(16)10-4-3-5-10/h6-7,9-10,17H,3-5H2,1-2H3. The predicted molar refractivity (Wildman–Crippen MR) is 80.2 cm³/mol. The molecule has 1 heterocycles. The Bertz CT molecular complexity index is 785. The van der Waals surface area contributed by atoms with Crippen LogP contribution in [0, 0.1) is 17.1 Å². The van der Waals surface area contributed by atoms with Gasteiger partial charge in [0.1, 0.15) is 6.07 Å². The molecule has 23 heavy (non-hydrogen) atoms. The van der Waals surface area contributed by atoms with Gasteiger partial charge in [0.25, 0.3) is 0 Å². The molecule has 6 heteroatoms. The second kappa shape index (κ2) is 5.80. The normalized spacial score (nSPS) is 15.2. The second-order valence-corrected chi connectivity index (χ2v) is 6.16. The van der Waals surface area contributed by atoms with E-state index in [1.807, 2.05) is 18.4 Å². The molecule has 1 aromatic carbocycles. The highest BCUT2D eigenvalue weighted by atomic mass is 19.3. The van der Waals surface area contributed by atoms with E-state index in [2.05, 4.69) is 10.8 Å². The zero-order valence-corrected chi connectivity index (χ0v) is 12.9. The molecule has 122 valence electrons. The zero-order chi connectivity index (χ0) is 16.7. The Morgan fingerprint density at radius 3 is 2.48 bits per heavy atom. The minimum atomic E-state index is -3.09. The Balaban J connectivity index is 2.30. The Labute approximate surface area is 132 Å². The quantitative estimate of drug-likeness (QED) is 0.785. The van der Waals surface area contributed by atoms with Gasteiger partial charge >= 0.3 is 6.61 Å². The third-order valence-corrected chi connectivity index (χ3v) is 4.41. The van der Waals surface area contributed by atoms with Gasteiger partial charge < -0.3 is 9.30 Å². The summed E-state index contributed by atoms with van der Waals surface area (Å²) >= 11 is 0. The van der Waals surface area contributed by atoms with Crippen LogP contribution in [0.25, 0.3) is 10.9 Å². The summed E-state index contributed by atoms with van der Waals surface area (Å²) < 4.78 is 45.3. The number of nitrogens with zero attached hydrogens (tertiary/aromatic N) is 2. The van der Waals surface area contributed by atoms with Gasteiger partial charge in [-0.05, 0) is 31.2 Å². The molecule has 0 unspecified atom stereocenters. The van der Waals surface area contributed by atoms with Crippen molar-refractivity contribution in [3.8, 4) is 11.8 Å². The zero-order valence-electron chi connectivity index (χ0n) is 12.9. The molecule has 0 N–H and O–H groups in total. The summed E-state index contributed by atoms with van der Waals surface area (Å²) in [5.41, 5.74) is 1.84. The highest BCUT2D eigenvalue weighted by molar-refractivity contribution is 5.90. The van der Waals surface area contributed by atoms with Crippen molar-refractivity contribution in [2.24, 2.45) is 0 Å². The average molecular weight is 322 g/mol. The Hall–Kier alpha value is -2.16. The fourth-order valence-electron chi connectivity index (χ4n) is 3.24. The summed E-state index contributed by atoms with van der Waals surface area (Å²) in [4.78, 5) is 0. The lowest BCUT2D eigenvalue weighted by Gasteiger charge is -2.31. The maximum atomic E-state index is 14.1. The number of benzene rings is 1. The second-order valence-electron chi connectivity index (χ2n) is 6.16. The fourth-order valence-corrected chi connectivity index (χ4v) is 3.24. The van der Waals surface area contributed by atoms with Crippen LogP contribution in [-0.2, 0) is 0 Å². The van der Waals surface area contributed by atoms with Crippen molar-refractivity contribution < 1.29 is 17.9 Å². The fraction of sp³-hybridized carbons (Fsp3) is 0.471. The van der Waals surface area contributed by atoms with E-state index in [-0.39, 0.29) is 12.0 Å². The van der Waals surface area contributed by atoms with Crippen molar-refractivity contribution >= 4 is 10.9 Å². The molecule has 3 rings (SSSR count). The van der Waals surface area contributed by atoms with E-state index < -0.39 is 18.2 Å². The average Bonchev–Trinajstić information content (AvgIpc) is 2.71. The van der Waals surface area contributed by atoms with Crippen molar-refractivity contribution in [3.63, 3.8) is 0 Å². The van der Waals surface area contributed by atoms with Gasteiger partial charge in [-0.2, -0.15) is 14.0 Å². The number of alkyl halides is 2. The molecule has 1 aliphatic rings. The van der Waals surface area contributed by atoms with Gasteiger partial charge in [0.15, 0.2) is 11.6 Å². The number of halogens is 3. The van der Waals surface area contributed by atoms with E-state index in [1.54, 1.807) is 0 Å². The molecule has 1 aromatic heterocycles. The molecular formula is C17H17F3N2O.